The first kappa shape index (κ1) is 17.9. The molecule has 0 bridgehead atoms. The molecule has 0 aliphatic heterocycles. The first-order chi connectivity index (χ1) is 12.4. The Kier molecular flexibility index (Phi) is 4.90. The van der Waals surface area contributed by atoms with Crippen molar-refractivity contribution in [3.05, 3.63) is 71.9 Å². The monoisotopic (exact) mass is 368 g/mol. The molecule has 0 atom stereocenters. The third-order valence-corrected chi connectivity index (χ3v) is 5.73. The van der Waals surface area contributed by atoms with Crippen molar-refractivity contribution in [2.24, 2.45) is 0 Å². The van der Waals surface area contributed by atoms with Crippen LogP contribution in [-0.4, -0.2) is 25.4 Å². The summed E-state index contributed by atoms with van der Waals surface area (Å²) in [5.41, 5.74) is 7.90. The van der Waals surface area contributed by atoms with Crippen LogP contribution in [0, 0.1) is 6.92 Å². The lowest BCUT2D eigenvalue weighted by Crippen LogP contribution is -2.20. The number of sulfone groups is 1. The van der Waals surface area contributed by atoms with Gasteiger partial charge < -0.3 is 10.6 Å². The van der Waals surface area contributed by atoms with Gasteiger partial charge in [-0.15, -0.1) is 0 Å². The van der Waals surface area contributed by atoms with Crippen molar-refractivity contribution >= 4 is 21.6 Å². The molecular weight excluding hydrogens is 348 g/mol. The quantitative estimate of drug-likeness (QED) is 0.745. The number of nitrogens with two attached hydrogens (primary N) is 1. The van der Waals surface area contributed by atoms with Gasteiger partial charge in [0, 0.05) is 13.6 Å². The highest BCUT2D eigenvalue weighted by Crippen LogP contribution is 2.26. The Labute approximate surface area is 153 Å². The van der Waals surface area contributed by atoms with Crippen molar-refractivity contribution in [3.8, 4) is 0 Å². The Bertz CT molecular complexity index is 1020. The fraction of sp³-hybridized carbons (Fsp3) is 0.158. The number of nitrogens with zero attached hydrogens (tertiary/aromatic N) is 3. The standard InChI is InChI=1S/C19H20N4O2S/c1-14-7-6-10-16(11-14)26(24,25)17-12-21-19(22-18(17)20)23(2)13-15-8-4-3-5-9-15/h3-12H,13H2,1-2H3,(H2,20,21,22). The second-order valence-corrected chi connectivity index (χ2v) is 8.00. The van der Waals surface area contributed by atoms with Crippen LogP contribution in [0.3, 0.4) is 0 Å². The molecule has 0 saturated carbocycles. The van der Waals surface area contributed by atoms with Gasteiger partial charge in [0.05, 0.1) is 11.1 Å². The molecule has 6 nitrogen and oxygen atoms in total. The Balaban J connectivity index is 1.90. The Morgan fingerprint density at radius 1 is 1.08 bits per heavy atom. The van der Waals surface area contributed by atoms with Crippen molar-refractivity contribution in [1.29, 1.82) is 0 Å². The van der Waals surface area contributed by atoms with Crippen LogP contribution >= 0.6 is 0 Å². The lowest BCUT2D eigenvalue weighted by molar-refractivity contribution is 0.595. The highest BCUT2D eigenvalue weighted by atomic mass is 32.2. The third-order valence-electron chi connectivity index (χ3n) is 3.96. The minimum Gasteiger partial charge on any atom is -0.382 e. The average Bonchev–Trinajstić information content (AvgIpc) is 2.62. The molecule has 2 aromatic carbocycles. The summed E-state index contributed by atoms with van der Waals surface area (Å²) in [5, 5.41) is 0. The highest BCUT2D eigenvalue weighted by molar-refractivity contribution is 7.91. The Hall–Kier alpha value is -2.93. The fourth-order valence-corrected chi connectivity index (χ4v) is 3.97. The molecule has 0 spiro atoms. The summed E-state index contributed by atoms with van der Waals surface area (Å²) in [6, 6.07) is 16.5. The van der Waals surface area contributed by atoms with E-state index in [0.29, 0.717) is 12.5 Å². The number of hydrogen-bond donors (Lipinski definition) is 1. The maximum absolute atomic E-state index is 12.8. The summed E-state index contributed by atoms with van der Waals surface area (Å²) in [6.45, 7) is 2.42. The fourth-order valence-electron chi connectivity index (χ4n) is 2.60. The molecule has 0 fully saturated rings. The van der Waals surface area contributed by atoms with Gasteiger partial charge in [-0.3, -0.25) is 0 Å². The van der Waals surface area contributed by atoms with Crippen LogP contribution in [-0.2, 0) is 16.4 Å². The highest BCUT2D eigenvalue weighted by Gasteiger charge is 2.23. The van der Waals surface area contributed by atoms with E-state index in [4.69, 9.17) is 5.73 Å². The summed E-state index contributed by atoms with van der Waals surface area (Å²) < 4.78 is 25.6. The van der Waals surface area contributed by atoms with E-state index in [9.17, 15) is 8.42 Å². The molecule has 0 unspecified atom stereocenters. The number of anilines is 2. The molecule has 0 radical (unpaired) electrons. The molecule has 134 valence electrons. The largest absolute Gasteiger partial charge is 0.382 e. The van der Waals surface area contributed by atoms with E-state index < -0.39 is 9.84 Å². The molecule has 2 N–H and O–H groups in total. The van der Waals surface area contributed by atoms with Gasteiger partial charge in [-0.05, 0) is 30.2 Å². The predicted molar refractivity (Wildman–Crippen MR) is 102 cm³/mol. The molecule has 0 aliphatic carbocycles. The molecule has 0 aliphatic rings. The first-order valence-corrected chi connectivity index (χ1v) is 9.55. The topological polar surface area (TPSA) is 89.2 Å². The molecular formula is C19H20N4O2S. The van der Waals surface area contributed by atoms with Gasteiger partial charge in [-0.25, -0.2) is 13.4 Å². The molecule has 1 heterocycles. The number of nitrogen functional groups attached to an aromatic ring is 1. The summed E-state index contributed by atoms with van der Waals surface area (Å²) in [4.78, 5) is 10.3. The SMILES string of the molecule is Cc1cccc(S(=O)(=O)c2cnc(N(C)Cc3ccccc3)nc2N)c1. The minimum atomic E-state index is -3.76. The summed E-state index contributed by atoms with van der Waals surface area (Å²) in [5.74, 6) is 0.311. The lowest BCUT2D eigenvalue weighted by atomic mass is 10.2. The van der Waals surface area contributed by atoms with E-state index in [-0.39, 0.29) is 15.6 Å². The molecule has 26 heavy (non-hydrogen) atoms. The van der Waals surface area contributed by atoms with E-state index in [1.165, 1.54) is 12.3 Å². The molecule has 1 aromatic heterocycles. The van der Waals surface area contributed by atoms with Crippen LogP contribution in [0.25, 0.3) is 0 Å². The zero-order valence-electron chi connectivity index (χ0n) is 14.6. The summed E-state index contributed by atoms with van der Waals surface area (Å²) >= 11 is 0. The van der Waals surface area contributed by atoms with Crippen LogP contribution in [0.5, 0.6) is 0 Å². The van der Waals surface area contributed by atoms with E-state index in [1.54, 1.807) is 12.1 Å². The number of aryl methyl sites for hydroxylation is 1. The summed E-state index contributed by atoms with van der Waals surface area (Å²) in [6.07, 6.45) is 1.27. The average molecular weight is 368 g/mol. The van der Waals surface area contributed by atoms with Gasteiger partial charge >= 0.3 is 0 Å². The molecule has 3 aromatic rings. The van der Waals surface area contributed by atoms with Gasteiger partial charge in [-0.1, -0.05) is 42.5 Å². The van der Waals surface area contributed by atoms with E-state index in [2.05, 4.69) is 9.97 Å². The third kappa shape index (κ3) is 3.67. The van der Waals surface area contributed by atoms with E-state index in [0.717, 1.165) is 11.1 Å². The van der Waals surface area contributed by atoms with E-state index >= 15 is 0 Å². The molecule has 3 rings (SSSR count). The minimum absolute atomic E-state index is 0.0589. The van der Waals surface area contributed by atoms with Crippen molar-refractivity contribution in [3.63, 3.8) is 0 Å². The van der Waals surface area contributed by atoms with Gasteiger partial charge in [0.2, 0.25) is 15.8 Å². The normalized spacial score (nSPS) is 11.3. The van der Waals surface area contributed by atoms with Gasteiger partial charge in [0.25, 0.3) is 0 Å². The maximum atomic E-state index is 12.8. The van der Waals surface area contributed by atoms with Crippen molar-refractivity contribution < 1.29 is 8.42 Å². The van der Waals surface area contributed by atoms with Crippen LogP contribution in [0.15, 0.2) is 70.6 Å². The zero-order chi connectivity index (χ0) is 18.7. The van der Waals surface area contributed by atoms with Crippen LogP contribution in [0.2, 0.25) is 0 Å². The number of benzene rings is 2. The molecule has 0 saturated heterocycles. The predicted octanol–water partition coefficient (Wildman–Crippen LogP) is 2.84. The van der Waals surface area contributed by atoms with Crippen LogP contribution < -0.4 is 10.6 Å². The van der Waals surface area contributed by atoms with Gasteiger partial charge in [-0.2, -0.15) is 4.98 Å². The Morgan fingerprint density at radius 3 is 2.46 bits per heavy atom. The van der Waals surface area contributed by atoms with Crippen LogP contribution in [0.4, 0.5) is 11.8 Å². The molecule has 7 heteroatoms. The number of hydrogen-bond acceptors (Lipinski definition) is 6. The van der Waals surface area contributed by atoms with Crippen molar-refractivity contribution in [2.45, 2.75) is 23.3 Å². The number of rotatable bonds is 5. The first-order valence-electron chi connectivity index (χ1n) is 8.07. The van der Waals surface area contributed by atoms with Gasteiger partial charge in [0.1, 0.15) is 10.7 Å². The van der Waals surface area contributed by atoms with E-state index in [1.807, 2.05) is 55.3 Å². The summed E-state index contributed by atoms with van der Waals surface area (Å²) in [7, 11) is -1.93. The van der Waals surface area contributed by atoms with Crippen molar-refractivity contribution in [2.75, 3.05) is 17.7 Å². The zero-order valence-corrected chi connectivity index (χ0v) is 15.4. The van der Waals surface area contributed by atoms with Gasteiger partial charge in [0.15, 0.2) is 0 Å². The number of aromatic nitrogens is 2. The second-order valence-electron chi connectivity index (χ2n) is 6.08. The maximum Gasteiger partial charge on any atom is 0.227 e. The second kappa shape index (κ2) is 7.13. The lowest BCUT2D eigenvalue weighted by Gasteiger charge is -2.18. The van der Waals surface area contributed by atoms with Crippen LogP contribution in [0.1, 0.15) is 11.1 Å². The Morgan fingerprint density at radius 2 is 1.81 bits per heavy atom. The molecule has 0 amide bonds. The van der Waals surface area contributed by atoms with Crippen molar-refractivity contribution in [1.82, 2.24) is 9.97 Å². The smallest absolute Gasteiger partial charge is 0.227 e.